The van der Waals surface area contributed by atoms with E-state index in [1.165, 1.54) is 12.1 Å². The van der Waals surface area contributed by atoms with E-state index >= 15 is 0 Å². The van der Waals surface area contributed by atoms with Gasteiger partial charge in [0, 0.05) is 36.4 Å². The predicted molar refractivity (Wildman–Crippen MR) is 133 cm³/mol. The van der Waals surface area contributed by atoms with Gasteiger partial charge in [-0.25, -0.2) is 4.79 Å². The first-order valence-electron chi connectivity index (χ1n) is 11.7. The number of amides is 2. The molecular weight excluding hydrogens is 495 g/mol. The van der Waals surface area contributed by atoms with Gasteiger partial charge < -0.3 is 19.9 Å². The first-order chi connectivity index (χ1) is 16.7. The van der Waals surface area contributed by atoms with Crippen LogP contribution in [0.5, 0.6) is 0 Å². The molecule has 2 aromatic carbocycles. The number of alkyl carbamates (subject to hydrolysis) is 1. The third kappa shape index (κ3) is 7.29. The Balaban J connectivity index is 1.79. The first kappa shape index (κ1) is 27.6. The summed E-state index contributed by atoms with van der Waals surface area (Å²) in [6, 6.07) is 10.6. The van der Waals surface area contributed by atoms with Gasteiger partial charge in [-0.1, -0.05) is 35.9 Å². The Morgan fingerprint density at radius 2 is 1.86 bits per heavy atom. The van der Waals surface area contributed by atoms with Crippen LogP contribution in [0.3, 0.4) is 0 Å². The summed E-state index contributed by atoms with van der Waals surface area (Å²) in [7, 11) is 0. The Morgan fingerprint density at radius 3 is 2.50 bits per heavy atom. The Kier molecular flexibility index (Phi) is 8.44. The van der Waals surface area contributed by atoms with Crippen LogP contribution in [-0.4, -0.2) is 48.2 Å². The molecule has 3 rings (SSSR count). The van der Waals surface area contributed by atoms with Crippen molar-refractivity contribution in [1.29, 1.82) is 0 Å². The number of anilines is 1. The fraction of sp³-hybridized carbons (Fsp3) is 0.462. The van der Waals surface area contributed by atoms with Gasteiger partial charge in [0.15, 0.2) is 0 Å². The lowest BCUT2D eigenvalue weighted by atomic mass is 10.0. The normalized spacial score (nSPS) is 16.1. The zero-order valence-corrected chi connectivity index (χ0v) is 21.5. The molecule has 196 valence electrons. The molecule has 1 fully saturated rings. The number of rotatable bonds is 6. The second-order valence-corrected chi connectivity index (χ2v) is 10.3. The molecule has 1 N–H and O–H groups in total. The average molecular weight is 526 g/mol. The van der Waals surface area contributed by atoms with Gasteiger partial charge in [-0.2, -0.15) is 13.2 Å². The first-order valence-corrected chi connectivity index (χ1v) is 12.0. The maximum atomic E-state index is 13.7. The standard InChI is InChI=1S/C26H31ClF3N3O3/c1-17-9-10-19(13-22(17)27)33(15-18-7-5-6-8-21(18)26(28,29)30)20-11-12-32(16-20)23(34)14-31-24(35)36-25(2,3)4/h5-10,13,20H,11-12,14-16H2,1-4H3,(H,31,35). The van der Waals surface area contributed by atoms with Crippen molar-refractivity contribution in [2.45, 2.75) is 58.5 Å². The lowest BCUT2D eigenvalue weighted by Crippen LogP contribution is -2.43. The van der Waals surface area contributed by atoms with Crippen molar-refractivity contribution < 1.29 is 27.5 Å². The number of aryl methyl sites for hydroxylation is 1. The van der Waals surface area contributed by atoms with Crippen molar-refractivity contribution in [3.63, 3.8) is 0 Å². The minimum atomic E-state index is -4.49. The highest BCUT2D eigenvalue weighted by Crippen LogP contribution is 2.35. The number of alkyl halides is 3. The molecule has 10 heteroatoms. The Bertz CT molecular complexity index is 1100. The summed E-state index contributed by atoms with van der Waals surface area (Å²) in [5.74, 6) is -0.291. The maximum Gasteiger partial charge on any atom is 0.416 e. The van der Waals surface area contributed by atoms with Crippen LogP contribution in [0.25, 0.3) is 0 Å². The van der Waals surface area contributed by atoms with E-state index in [1.807, 2.05) is 24.0 Å². The van der Waals surface area contributed by atoms with Gasteiger partial charge in [0.2, 0.25) is 5.91 Å². The molecule has 1 saturated heterocycles. The Morgan fingerprint density at radius 1 is 1.17 bits per heavy atom. The van der Waals surface area contributed by atoms with Gasteiger partial charge in [-0.15, -0.1) is 0 Å². The smallest absolute Gasteiger partial charge is 0.416 e. The zero-order valence-electron chi connectivity index (χ0n) is 20.8. The van der Waals surface area contributed by atoms with Crippen LogP contribution >= 0.6 is 11.6 Å². The van der Waals surface area contributed by atoms with Crippen LogP contribution in [0.15, 0.2) is 42.5 Å². The van der Waals surface area contributed by atoms with Crippen LogP contribution in [0.2, 0.25) is 5.02 Å². The van der Waals surface area contributed by atoms with Crippen molar-refractivity contribution in [2.24, 2.45) is 0 Å². The molecule has 0 aliphatic carbocycles. The van der Waals surface area contributed by atoms with E-state index in [0.29, 0.717) is 30.2 Å². The van der Waals surface area contributed by atoms with Crippen molar-refractivity contribution >= 4 is 29.3 Å². The van der Waals surface area contributed by atoms with Crippen LogP contribution in [0, 0.1) is 6.92 Å². The number of benzene rings is 2. The highest BCUT2D eigenvalue weighted by Gasteiger charge is 2.36. The monoisotopic (exact) mass is 525 g/mol. The number of nitrogens with one attached hydrogen (secondary N) is 1. The van der Waals surface area contributed by atoms with Crippen LogP contribution in [0.1, 0.15) is 43.9 Å². The van der Waals surface area contributed by atoms with Gasteiger partial charge in [0.1, 0.15) is 12.1 Å². The van der Waals surface area contributed by atoms with E-state index in [4.69, 9.17) is 16.3 Å². The van der Waals surface area contributed by atoms with E-state index < -0.39 is 23.4 Å². The molecule has 36 heavy (non-hydrogen) atoms. The molecule has 0 radical (unpaired) electrons. The van der Waals surface area contributed by atoms with Crippen LogP contribution in [-0.2, 0) is 22.3 Å². The number of ether oxygens (including phenoxy) is 1. The quantitative estimate of drug-likeness (QED) is 0.518. The third-order valence-electron chi connectivity index (χ3n) is 5.89. The molecule has 1 unspecified atom stereocenters. The number of carbonyl (C=O) groups excluding carboxylic acids is 2. The van der Waals surface area contributed by atoms with Crippen molar-refractivity contribution in [2.75, 3.05) is 24.5 Å². The van der Waals surface area contributed by atoms with Crippen molar-refractivity contribution in [3.05, 3.63) is 64.2 Å². The summed E-state index contributed by atoms with van der Waals surface area (Å²) in [5, 5.41) is 2.97. The van der Waals surface area contributed by atoms with E-state index in [1.54, 1.807) is 37.8 Å². The summed E-state index contributed by atoms with van der Waals surface area (Å²) in [4.78, 5) is 28.1. The molecule has 0 saturated carbocycles. The zero-order chi connectivity index (χ0) is 26.7. The molecule has 0 aromatic heterocycles. The second-order valence-electron chi connectivity index (χ2n) is 9.85. The summed E-state index contributed by atoms with van der Waals surface area (Å²) >= 11 is 6.34. The van der Waals surface area contributed by atoms with E-state index in [9.17, 15) is 22.8 Å². The molecule has 1 aliphatic rings. The Labute approximate surface area is 214 Å². The summed E-state index contributed by atoms with van der Waals surface area (Å²) in [6.07, 6.45) is -4.62. The van der Waals surface area contributed by atoms with Crippen LogP contribution < -0.4 is 10.2 Å². The molecule has 6 nitrogen and oxygen atoms in total. The molecule has 2 aromatic rings. The molecule has 1 heterocycles. The molecule has 1 aliphatic heterocycles. The SMILES string of the molecule is Cc1ccc(N(Cc2ccccc2C(F)(F)F)C2CCN(C(=O)CNC(=O)OC(C)(C)C)C2)cc1Cl. The molecule has 2 amide bonds. The van der Waals surface area contributed by atoms with E-state index in [0.717, 1.165) is 11.6 Å². The molecule has 0 spiro atoms. The van der Waals surface area contributed by atoms with Gasteiger partial charge in [-0.3, -0.25) is 4.79 Å². The van der Waals surface area contributed by atoms with E-state index in [-0.39, 0.29) is 30.6 Å². The highest BCUT2D eigenvalue weighted by atomic mass is 35.5. The predicted octanol–water partition coefficient (Wildman–Crippen LogP) is 5.80. The average Bonchev–Trinajstić information content (AvgIpc) is 3.26. The number of nitrogens with zero attached hydrogens (tertiary/aromatic N) is 2. The summed E-state index contributed by atoms with van der Waals surface area (Å²) < 4.78 is 46.2. The lowest BCUT2D eigenvalue weighted by Gasteiger charge is -2.32. The van der Waals surface area contributed by atoms with Gasteiger partial charge in [0.05, 0.1) is 5.56 Å². The lowest BCUT2D eigenvalue weighted by molar-refractivity contribution is -0.138. The summed E-state index contributed by atoms with van der Waals surface area (Å²) in [6.45, 7) is 7.51. The van der Waals surface area contributed by atoms with Gasteiger partial charge >= 0.3 is 12.3 Å². The molecule has 0 bridgehead atoms. The van der Waals surface area contributed by atoms with Gasteiger partial charge in [-0.05, 0) is 63.4 Å². The highest BCUT2D eigenvalue weighted by molar-refractivity contribution is 6.31. The summed E-state index contributed by atoms with van der Waals surface area (Å²) in [5.41, 5.74) is 0.286. The molecular formula is C26H31ClF3N3O3. The van der Waals surface area contributed by atoms with Crippen LogP contribution in [0.4, 0.5) is 23.7 Å². The number of halogens is 4. The Hall–Kier alpha value is -2.94. The minimum Gasteiger partial charge on any atom is -0.444 e. The van der Waals surface area contributed by atoms with E-state index in [2.05, 4.69) is 5.32 Å². The molecule has 1 atom stereocenters. The fourth-order valence-electron chi connectivity index (χ4n) is 4.11. The number of hydrogen-bond donors (Lipinski definition) is 1. The third-order valence-corrected chi connectivity index (χ3v) is 6.30. The fourth-order valence-corrected chi connectivity index (χ4v) is 4.28. The maximum absolute atomic E-state index is 13.7. The van der Waals surface area contributed by atoms with Crippen molar-refractivity contribution in [3.8, 4) is 0 Å². The largest absolute Gasteiger partial charge is 0.444 e. The minimum absolute atomic E-state index is 0.00205. The number of likely N-dealkylation sites (tertiary alicyclic amines) is 1. The van der Waals surface area contributed by atoms with Crippen molar-refractivity contribution in [1.82, 2.24) is 10.2 Å². The van der Waals surface area contributed by atoms with Gasteiger partial charge in [0.25, 0.3) is 0 Å². The second kappa shape index (κ2) is 11.0. The number of carbonyl (C=O) groups is 2. The topological polar surface area (TPSA) is 61.9 Å². The number of hydrogen-bond acceptors (Lipinski definition) is 4.